The number of imidazole rings is 2. The number of carbonyl (C=O) groups is 2. The maximum absolute atomic E-state index is 13.3. The van der Waals surface area contributed by atoms with E-state index in [-0.39, 0.29) is 51.3 Å². The predicted molar refractivity (Wildman–Crippen MR) is 259 cm³/mol. The molecule has 0 aliphatic rings. The Morgan fingerprint density at radius 3 is 1.59 bits per heavy atom. The number of aromatic nitrogens is 4. The second-order valence-electron chi connectivity index (χ2n) is 15.3. The highest BCUT2D eigenvalue weighted by atomic mass is 33.1. The van der Waals surface area contributed by atoms with E-state index < -0.39 is 0 Å². The molecule has 4 aromatic carbocycles. The van der Waals surface area contributed by atoms with Crippen molar-refractivity contribution in [1.29, 1.82) is 0 Å². The molecule has 0 saturated heterocycles. The average molecular weight is 911 g/mol. The number of amides is 2. The Morgan fingerprint density at radius 2 is 1.06 bits per heavy atom. The molecule has 2 heterocycles. The van der Waals surface area contributed by atoms with Crippen LogP contribution >= 0.6 is 21.6 Å². The summed E-state index contributed by atoms with van der Waals surface area (Å²) in [5, 5.41) is 43.8. The molecule has 0 fully saturated rings. The van der Waals surface area contributed by atoms with Crippen LogP contribution in [0.3, 0.4) is 0 Å². The van der Waals surface area contributed by atoms with Crippen LogP contribution < -0.4 is 29.6 Å². The molecule has 0 aliphatic heterocycles. The summed E-state index contributed by atoms with van der Waals surface area (Å²) in [6, 6.07) is 32.4. The van der Waals surface area contributed by atoms with Crippen molar-refractivity contribution in [3.63, 3.8) is 0 Å². The number of hydrogen-bond donors (Lipinski definition) is 6. The van der Waals surface area contributed by atoms with Gasteiger partial charge in [0.2, 0.25) is 0 Å². The Morgan fingerprint density at radius 1 is 0.594 bits per heavy atom. The van der Waals surface area contributed by atoms with Crippen molar-refractivity contribution in [3.05, 3.63) is 120 Å². The van der Waals surface area contributed by atoms with Crippen molar-refractivity contribution >= 4 is 79.0 Å². The third-order valence-corrected chi connectivity index (χ3v) is 13.6. The van der Waals surface area contributed by atoms with E-state index in [0.29, 0.717) is 39.3 Å². The molecule has 2 amide bonds. The zero-order valence-electron chi connectivity index (χ0n) is 36.8. The number of fused-ring (bicyclic) bond motifs is 2. The number of rotatable bonds is 26. The standard InChI is InChI=1S/C48H60N8O6S2/c1-51-41-7-3-5-9-43(41)55(47(51)21-15-37-11-17-39(18-12-37)53(25-29-57)26-30-58)35-45(61)49-23-33-63-64-34-24-50-46(62)36-56-44-10-6-4-8-42(44)52(2)48(56)22-16-38-13-19-40(20-14-38)54(27-31-59)28-32-60/h3-15,17-21,57-60H,16,22-36H2,1-2H3/p+2. The predicted octanol–water partition coefficient (Wildman–Crippen LogP) is 3.10. The van der Waals surface area contributed by atoms with Gasteiger partial charge in [-0.2, -0.15) is 0 Å². The molecular formula is C48H62N8O6S2+2. The van der Waals surface area contributed by atoms with Gasteiger partial charge in [-0.15, -0.1) is 0 Å². The Hall–Kier alpha value is -5.36. The number of nitrogens with one attached hydrogen (secondary N) is 2. The van der Waals surface area contributed by atoms with Crippen LogP contribution in [0.4, 0.5) is 11.4 Å². The number of aliphatic hydroxyl groups excluding tert-OH is 4. The van der Waals surface area contributed by atoms with Gasteiger partial charge in [-0.25, -0.2) is 18.3 Å². The Balaban J connectivity index is 0.952. The number of aliphatic hydroxyl groups is 4. The molecule has 6 aromatic rings. The van der Waals surface area contributed by atoms with Crippen molar-refractivity contribution in [3.8, 4) is 0 Å². The van der Waals surface area contributed by atoms with Crippen LogP contribution in [0.15, 0.2) is 97.1 Å². The van der Waals surface area contributed by atoms with Gasteiger partial charge in [-0.3, -0.25) is 9.59 Å². The first kappa shape index (κ1) is 48.1. The summed E-state index contributed by atoms with van der Waals surface area (Å²) in [5.41, 5.74) is 8.10. The van der Waals surface area contributed by atoms with E-state index in [1.165, 1.54) is 0 Å². The smallest absolute Gasteiger partial charge is 0.282 e. The Bertz CT molecular complexity index is 2440. The summed E-state index contributed by atoms with van der Waals surface area (Å²) in [4.78, 5) is 30.5. The molecule has 6 N–H and O–H groups in total. The van der Waals surface area contributed by atoms with Crippen LogP contribution in [-0.2, 0) is 49.6 Å². The minimum Gasteiger partial charge on any atom is -0.395 e. The van der Waals surface area contributed by atoms with E-state index >= 15 is 0 Å². The molecule has 0 spiro atoms. The number of anilines is 2. The molecule has 16 heteroatoms. The lowest BCUT2D eigenvalue weighted by Gasteiger charge is -2.23. The average Bonchev–Trinajstić information content (AvgIpc) is 3.73. The van der Waals surface area contributed by atoms with Gasteiger partial charge in [-0.05, 0) is 72.2 Å². The summed E-state index contributed by atoms with van der Waals surface area (Å²) in [6.45, 7) is 3.30. The molecule has 0 unspecified atom stereocenters. The first-order valence-corrected chi connectivity index (χ1v) is 24.3. The summed E-state index contributed by atoms with van der Waals surface area (Å²) >= 11 is 0. The van der Waals surface area contributed by atoms with Gasteiger partial charge in [0.05, 0.1) is 46.9 Å². The van der Waals surface area contributed by atoms with E-state index in [9.17, 15) is 30.0 Å². The van der Waals surface area contributed by atoms with Crippen molar-refractivity contribution in [2.45, 2.75) is 25.9 Å². The zero-order valence-corrected chi connectivity index (χ0v) is 38.4. The molecule has 0 bridgehead atoms. The summed E-state index contributed by atoms with van der Waals surface area (Å²) in [5.74, 6) is 3.28. The second kappa shape index (κ2) is 24.6. The number of carbonyl (C=O) groups excluding carboxylic acids is 2. The van der Waals surface area contributed by atoms with Gasteiger partial charge < -0.3 is 40.9 Å². The lowest BCUT2D eigenvalue weighted by molar-refractivity contribution is -0.654. The van der Waals surface area contributed by atoms with E-state index in [2.05, 4.69) is 48.6 Å². The van der Waals surface area contributed by atoms with Crippen LogP contribution in [0.1, 0.15) is 22.8 Å². The molecule has 14 nitrogen and oxygen atoms in total. The van der Waals surface area contributed by atoms with Crippen molar-refractivity contribution in [1.82, 2.24) is 19.8 Å². The van der Waals surface area contributed by atoms with Gasteiger partial charge in [0.15, 0.2) is 35.2 Å². The number of para-hydroxylation sites is 4. The number of benzene rings is 4. The first-order chi connectivity index (χ1) is 31.3. The van der Waals surface area contributed by atoms with Crippen LogP contribution in [0.25, 0.3) is 34.2 Å². The SMILES string of the molecule is C[n+]1c(/C=C/c2ccc(N(CCO)CCO)cc2)n(CC(=O)NCCSSCCNC(=O)Cn2c(CCc3ccc(N(CCO)CCO)cc3)[n+](C)c3ccccc32)c2ccccc21. The van der Waals surface area contributed by atoms with E-state index in [4.69, 9.17) is 0 Å². The fourth-order valence-electron chi connectivity index (χ4n) is 7.99. The highest BCUT2D eigenvalue weighted by Crippen LogP contribution is 2.22. The van der Waals surface area contributed by atoms with Gasteiger partial charge in [0.25, 0.3) is 23.5 Å². The monoisotopic (exact) mass is 910 g/mol. The largest absolute Gasteiger partial charge is 0.395 e. The highest BCUT2D eigenvalue weighted by molar-refractivity contribution is 8.76. The molecule has 0 atom stereocenters. The number of aryl methyl sites for hydroxylation is 3. The van der Waals surface area contributed by atoms with Crippen LogP contribution in [0, 0.1) is 0 Å². The third kappa shape index (κ3) is 12.7. The lowest BCUT2D eigenvalue weighted by atomic mass is 10.1. The van der Waals surface area contributed by atoms with Gasteiger partial charge in [0.1, 0.15) is 0 Å². The van der Waals surface area contributed by atoms with Gasteiger partial charge >= 0.3 is 0 Å². The summed E-state index contributed by atoms with van der Waals surface area (Å²) in [6.07, 6.45) is 5.57. The van der Waals surface area contributed by atoms with Gasteiger partial charge in [0, 0.05) is 68.2 Å². The van der Waals surface area contributed by atoms with Crippen LogP contribution in [0.5, 0.6) is 0 Å². The number of hydrogen-bond acceptors (Lipinski definition) is 10. The molecule has 0 saturated carbocycles. The van der Waals surface area contributed by atoms with E-state index in [1.807, 2.05) is 113 Å². The molecule has 2 aromatic heterocycles. The van der Waals surface area contributed by atoms with Gasteiger partial charge in [-0.1, -0.05) is 70.1 Å². The minimum absolute atomic E-state index is 0.00644. The third-order valence-electron chi connectivity index (χ3n) is 11.2. The molecule has 0 radical (unpaired) electrons. The topological polar surface area (TPSA) is 163 Å². The molecule has 0 aliphatic carbocycles. The molecule has 64 heavy (non-hydrogen) atoms. The Kier molecular flexibility index (Phi) is 18.5. The van der Waals surface area contributed by atoms with Crippen molar-refractivity contribution in [2.24, 2.45) is 14.1 Å². The molecule has 340 valence electrons. The first-order valence-electron chi connectivity index (χ1n) is 21.8. The van der Waals surface area contributed by atoms with Crippen molar-refractivity contribution < 1.29 is 39.1 Å². The van der Waals surface area contributed by atoms with Crippen molar-refractivity contribution in [2.75, 3.05) is 87.0 Å². The quantitative estimate of drug-likeness (QED) is 0.0271. The second-order valence-corrected chi connectivity index (χ2v) is 18.0. The summed E-state index contributed by atoms with van der Waals surface area (Å²) in [7, 11) is 7.38. The lowest BCUT2D eigenvalue weighted by Crippen LogP contribution is -2.35. The van der Waals surface area contributed by atoms with E-state index in [1.54, 1.807) is 21.6 Å². The highest BCUT2D eigenvalue weighted by Gasteiger charge is 2.25. The molecular weight excluding hydrogens is 849 g/mol. The van der Waals surface area contributed by atoms with Crippen LogP contribution in [-0.4, -0.2) is 119 Å². The maximum Gasteiger partial charge on any atom is 0.282 e. The fraction of sp³-hybridized carbons (Fsp3) is 0.375. The minimum atomic E-state index is -0.0749. The zero-order chi connectivity index (χ0) is 45.3. The maximum atomic E-state index is 13.3. The Labute approximate surface area is 383 Å². The normalized spacial score (nSPS) is 11.5. The summed E-state index contributed by atoms with van der Waals surface area (Å²) < 4.78 is 8.39. The van der Waals surface area contributed by atoms with E-state index in [0.717, 1.165) is 80.6 Å². The fourth-order valence-corrected chi connectivity index (χ4v) is 9.80. The molecule has 6 rings (SSSR count). The van der Waals surface area contributed by atoms with Crippen LogP contribution in [0.2, 0.25) is 0 Å². The number of nitrogens with zero attached hydrogens (tertiary/aromatic N) is 6.